The van der Waals surface area contributed by atoms with Crippen LogP contribution in [0.2, 0.25) is 5.02 Å². The fourth-order valence-electron chi connectivity index (χ4n) is 8.09. The van der Waals surface area contributed by atoms with Crippen molar-refractivity contribution in [3.05, 3.63) is 100 Å². The number of phenolic OH excluding ortho intramolecular Hbond substituents is 1. The van der Waals surface area contributed by atoms with Gasteiger partial charge >= 0.3 is 0 Å². The largest absolute Gasteiger partial charge is 0.504 e. The Morgan fingerprint density at radius 3 is 2.36 bits per heavy atom. The number of carbonyl (C=O) groups excluding carboxylic acids is 4. The Balaban J connectivity index is 1.49. The lowest BCUT2D eigenvalue weighted by Gasteiger charge is -2.50. The van der Waals surface area contributed by atoms with Gasteiger partial charge in [0.15, 0.2) is 11.5 Å². The highest BCUT2D eigenvalue weighted by Gasteiger charge is 2.70. The summed E-state index contributed by atoms with van der Waals surface area (Å²) in [6.07, 6.45) is 2.28. The highest BCUT2D eigenvalue weighted by Crippen LogP contribution is 2.65. The zero-order chi connectivity index (χ0) is 31.8. The summed E-state index contributed by atoms with van der Waals surface area (Å²) >= 11 is 6.29. The van der Waals surface area contributed by atoms with Crippen LogP contribution in [0.1, 0.15) is 29.9 Å². The molecule has 2 aliphatic heterocycles. The first kappa shape index (κ1) is 29.0. The molecule has 4 amide bonds. The maximum Gasteiger partial charge on any atom is 0.260 e. The van der Waals surface area contributed by atoms with Crippen molar-refractivity contribution in [2.24, 2.45) is 23.7 Å². The van der Waals surface area contributed by atoms with Crippen molar-refractivity contribution >= 4 is 40.9 Å². The number of halogens is 2. The van der Waals surface area contributed by atoms with Gasteiger partial charge in [-0.1, -0.05) is 47.5 Å². The quantitative estimate of drug-likeness (QED) is 0.307. The molecule has 0 aromatic heterocycles. The number of phenols is 1. The number of imide groups is 2. The lowest BCUT2D eigenvalue weighted by atomic mass is 9.49. The molecule has 4 aliphatic rings. The molecule has 6 atom stereocenters. The monoisotopic (exact) mass is 629 g/mol. The summed E-state index contributed by atoms with van der Waals surface area (Å²) in [6.45, 7) is 0. The highest BCUT2D eigenvalue weighted by molar-refractivity contribution is 6.30. The number of anilines is 1. The predicted octanol–water partition coefficient (Wildman–Crippen LogP) is 4.81. The predicted molar refractivity (Wildman–Crippen MR) is 161 cm³/mol. The van der Waals surface area contributed by atoms with Gasteiger partial charge in [0.1, 0.15) is 5.82 Å². The normalized spacial score (nSPS) is 28.9. The number of ether oxygens (including phenoxy) is 1. The smallest absolute Gasteiger partial charge is 0.260 e. The summed E-state index contributed by atoms with van der Waals surface area (Å²) in [7, 11) is 2.88. The van der Waals surface area contributed by atoms with Crippen LogP contribution in [0.15, 0.2) is 78.4 Å². The second-order valence-electron chi connectivity index (χ2n) is 12.0. The molecule has 9 nitrogen and oxygen atoms in total. The van der Waals surface area contributed by atoms with Crippen molar-refractivity contribution in [3.63, 3.8) is 0 Å². The van der Waals surface area contributed by atoms with Crippen LogP contribution in [0.4, 0.5) is 10.1 Å². The van der Waals surface area contributed by atoms with Crippen molar-refractivity contribution < 1.29 is 33.4 Å². The zero-order valence-corrected chi connectivity index (χ0v) is 25.1. The lowest BCUT2D eigenvalue weighted by Crippen LogP contribution is -2.53. The first-order valence-corrected chi connectivity index (χ1v) is 15.0. The van der Waals surface area contributed by atoms with Gasteiger partial charge in [-0.3, -0.25) is 29.5 Å². The van der Waals surface area contributed by atoms with E-state index in [1.54, 1.807) is 42.5 Å². The van der Waals surface area contributed by atoms with Crippen LogP contribution in [-0.2, 0) is 24.6 Å². The fourth-order valence-corrected chi connectivity index (χ4v) is 8.22. The van der Waals surface area contributed by atoms with Crippen molar-refractivity contribution in [2.45, 2.75) is 24.2 Å². The Labute approximate surface area is 263 Å². The molecule has 3 aromatic carbocycles. The van der Waals surface area contributed by atoms with Crippen molar-refractivity contribution in [2.75, 3.05) is 19.6 Å². The molecule has 2 aliphatic carbocycles. The molecule has 7 rings (SSSR count). The maximum absolute atomic E-state index is 15.0. The van der Waals surface area contributed by atoms with Crippen LogP contribution < -0.4 is 10.2 Å². The molecule has 6 unspecified atom stereocenters. The third-order valence-corrected chi connectivity index (χ3v) is 10.3. The number of carbonyl (C=O) groups is 4. The zero-order valence-electron chi connectivity index (χ0n) is 24.4. The molecule has 3 aromatic rings. The molecule has 11 heteroatoms. The Morgan fingerprint density at radius 1 is 0.956 bits per heavy atom. The summed E-state index contributed by atoms with van der Waals surface area (Å²) in [5.41, 5.74) is 3.17. The van der Waals surface area contributed by atoms with Gasteiger partial charge in [0, 0.05) is 23.6 Å². The molecule has 3 fully saturated rings. The van der Waals surface area contributed by atoms with Crippen molar-refractivity contribution in [1.82, 2.24) is 9.91 Å². The molecule has 2 heterocycles. The van der Waals surface area contributed by atoms with Gasteiger partial charge in [-0.2, -0.15) is 5.01 Å². The third kappa shape index (κ3) is 4.04. The van der Waals surface area contributed by atoms with Gasteiger partial charge in [0.2, 0.25) is 11.8 Å². The average Bonchev–Trinajstić information content (AvgIpc) is 3.39. The number of hydrogen-bond donors (Lipinski definition) is 2. The first-order chi connectivity index (χ1) is 21.6. The van der Waals surface area contributed by atoms with Crippen LogP contribution in [-0.4, -0.2) is 52.8 Å². The minimum Gasteiger partial charge on any atom is -0.504 e. The summed E-state index contributed by atoms with van der Waals surface area (Å²) in [6, 6.07) is 16.9. The van der Waals surface area contributed by atoms with Crippen LogP contribution in [0.25, 0.3) is 0 Å². The Bertz CT molecular complexity index is 1790. The number of nitrogens with zero attached hydrogens (tertiary/aromatic N) is 2. The molecule has 0 bridgehead atoms. The van der Waals surface area contributed by atoms with Gasteiger partial charge in [0.25, 0.3) is 11.8 Å². The Kier molecular flexibility index (Phi) is 6.74. The van der Waals surface area contributed by atoms with Gasteiger partial charge in [-0.25, -0.2) is 4.39 Å². The molecule has 2 N–H and O–H groups in total. The van der Waals surface area contributed by atoms with Crippen LogP contribution >= 0.6 is 11.6 Å². The number of amides is 4. The number of allylic oxidation sites excluding steroid dienone is 2. The van der Waals surface area contributed by atoms with Crippen LogP contribution in [0, 0.1) is 29.5 Å². The third-order valence-electron chi connectivity index (χ3n) is 10.0. The molecule has 0 radical (unpaired) electrons. The molecular formula is C34H29ClFN3O6. The van der Waals surface area contributed by atoms with E-state index in [0.717, 1.165) is 9.91 Å². The molecular weight excluding hydrogens is 601 g/mol. The molecule has 1 saturated carbocycles. The Hall–Kier alpha value is -4.70. The fraction of sp³-hybridized carbons (Fsp3) is 0.294. The van der Waals surface area contributed by atoms with E-state index in [9.17, 15) is 23.9 Å². The van der Waals surface area contributed by atoms with E-state index in [0.29, 0.717) is 27.4 Å². The van der Waals surface area contributed by atoms with Crippen molar-refractivity contribution in [3.8, 4) is 11.5 Å². The number of rotatable bonds is 5. The number of hydrogen-bond acceptors (Lipinski definition) is 7. The Morgan fingerprint density at radius 2 is 1.67 bits per heavy atom. The minimum absolute atomic E-state index is 0.107. The number of benzene rings is 3. The molecule has 0 spiro atoms. The lowest BCUT2D eigenvalue weighted by molar-refractivity contribution is -0.140. The summed E-state index contributed by atoms with van der Waals surface area (Å²) in [5.74, 6) is -6.03. The van der Waals surface area contributed by atoms with Crippen LogP contribution in [0.5, 0.6) is 11.5 Å². The number of hydrazine groups is 1. The number of para-hydroxylation sites is 1. The van der Waals surface area contributed by atoms with Crippen LogP contribution in [0.3, 0.4) is 0 Å². The van der Waals surface area contributed by atoms with Gasteiger partial charge < -0.3 is 9.84 Å². The van der Waals surface area contributed by atoms with E-state index in [-0.39, 0.29) is 36.2 Å². The van der Waals surface area contributed by atoms with E-state index >= 15 is 4.79 Å². The first-order valence-electron chi connectivity index (χ1n) is 14.6. The number of fused-ring (bicyclic) bond motifs is 4. The van der Waals surface area contributed by atoms with E-state index < -0.39 is 52.6 Å². The van der Waals surface area contributed by atoms with Gasteiger partial charge in [-0.15, -0.1) is 0 Å². The van der Waals surface area contributed by atoms with E-state index in [1.165, 1.54) is 38.4 Å². The number of nitrogens with one attached hydrogen (secondary N) is 1. The highest BCUT2D eigenvalue weighted by atomic mass is 35.5. The van der Waals surface area contributed by atoms with E-state index in [4.69, 9.17) is 16.3 Å². The summed E-state index contributed by atoms with van der Waals surface area (Å²) < 4.78 is 19.2. The van der Waals surface area contributed by atoms with E-state index in [1.807, 2.05) is 6.08 Å². The molecule has 230 valence electrons. The minimum atomic E-state index is -1.59. The topological polar surface area (TPSA) is 116 Å². The number of likely N-dealkylation sites (tertiary alicyclic amines) is 1. The van der Waals surface area contributed by atoms with Gasteiger partial charge in [0.05, 0.1) is 36.0 Å². The second kappa shape index (κ2) is 10.4. The van der Waals surface area contributed by atoms with Gasteiger partial charge in [-0.05, 0) is 66.8 Å². The summed E-state index contributed by atoms with van der Waals surface area (Å²) in [5, 5.41) is 13.0. The standard InChI is InChI=1S/C34H29ClFN3O6/c1-38-30(41)22-15-14-21-24(27(22)32(38)43)16-25-31(42)39(37-20-12-10-19(36)11-13-20)33(44)34(25,17-6-8-18(35)9-7-17)28(21)23-4-3-5-26(45-2)29(23)40/h3-14,22,24-25,27-28,37,40H,15-16H2,1-2H3. The SMILES string of the molecule is COc1cccc(C2C3=CCC4C(=O)N(C)C(=O)C4C3CC3C(=O)N(Nc4ccc(F)cc4)C(=O)C32c2ccc(Cl)cc2)c1O. The number of aromatic hydroxyl groups is 1. The van der Waals surface area contributed by atoms with Crippen molar-refractivity contribution in [1.29, 1.82) is 0 Å². The number of methoxy groups -OCH3 is 1. The average molecular weight is 630 g/mol. The maximum atomic E-state index is 15.0. The summed E-state index contributed by atoms with van der Waals surface area (Å²) in [4.78, 5) is 57.3. The van der Waals surface area contributed by atoms with E-state index in [2.05, 4.69) is 5.43 Å². The molecule has 45 heavy (non-hydrogen) atoms. The molecule has 2 saturated heterocycles. The second-order valence-corrected chi connectivity index (χ2v) is 12.4.